The maximum absolute atomic E-state index is 10.8. The Bertz CT molecular complexity index is 313. The van der Waals surface area contributed by atoms with Gasteiger partial charge in [-0.2, -0.15) is 0 Å². The maximum atomic E-state index is 10.8. The predicted octanol–water partition coefficient (Wildman–Crippen LogP) is 3.35. The first kappa shape index (κ1) is 10.6. The third kappa shape index (κ3) is 2.71. The largest absolute Gasteiger partial charge is 0.279 e. The number of rotatable bonds is 2. The van der Waals surface area contributed by atoms with Crippen LogP contribution in [-0.4, -0.2) is 5.24 Å². The summed E-state index contributed by atoms with van der Waals surface area (Å²) in [7, 11) is 0. The molecule has 0 fully saturated rings. The summed E-state index contributed by atoms with van der Waals surface area (Å²) in [6, 6.07) is 5.75. The van der Waals surface area contributed by atoms with Gasteiger partial charge >= 0.3 is 0 Å². The number of alkyl halides is 1. The van der Waals surface area contributed by atoms with Gasteiger partial charge in [-0.1, -0.05) is 29.3 Å². The normalized spacial score (nSPS) is 12.6. The highest BCUT2D eigenvalue weighted by molar-refractivity contribution is 6.68. The van der Waals surface area contributed by atoms with Crippen molar-refractivity contribution in [3.8, 4) is 0 Å². The predicted molar refractivity (Wildman–Crippen MR) is 55.4 cm³/mol. The van der Waals surface area contributed by atoms with E-state index in [4.69, 9.17) is 23.2 Å². The number of carbonyl (C=O) groups excluding carboxylic acids is 1. The van der Waals surface area contributed by atoms with Crippen LogP contribution in [0.15, 0.2) is 18.2 Å². The fourth-order valence-corrected chi connectivity index (χ4v) is 1.54. The van der Waals surface area contributed by atoms with Crippen molar-refractivity contribution in [3.63, 3.8) is 0 Å². The van der Waals surface area contributed by atoms with E-state index < -0.39 is 10.6 Å². The second-order valence-corrected chi connectivity index (χ2v) is 3.90. The maximum Gasteiger partial charge on any atom is 0.244 e. The quantitative estimate of drug-likeness (QED) is 0.548. The Kier molecular flexibility index (Phi) is 3.34. The monoisotopic (exact) mass is 216 g/mol. The third-order valence-corrected chi connectivity index (χ3v) is 2.52. The van der Waals surface area contributed by atoms with E-state index in [-0.39, 0.29) is 0 Å². The Labute approximate surface area is 87.7 Å². The first-order valence-electron chi connectivity index (χ1n) is 3.92. The SMILES string of the molecule is Cc1cc(C)cc(C(Cl)C(=O)Cl)c1. The van der Waals surface area contributed by atoms with Gasteiger partial charge in [0.25, 0.3) is 0 Å². The first-order chi connectivity index (χ1) is 6.00. The summed E-state index contributed by atoms with van der Waals surface area (Å²) in [5.74, 6) is 0. The molecule has 0 aliphatic carbocycles. The highest BCUT2D eigenvalue weighted by Gasteiger charge is 2.15. The van der Waals surface area contributed by atoms with E-state index in [1.54, 1.807) is 0 Å². The van der Waals surface area contributed by atoms with Crippen LogP contribution in [0.25, 0.3) is 0 Å². The molecule has 1 nitrogen and oxygen atoms in total. The molecule has 1 rings (SSSR count). The van der Waals surface area contributed by atoms with Gasteiger partial charge in [-0.15, -0.1) is 11.6 Å². The molecule has 1 unspecified atom stereocenters. The van der Waals surface area contributed by atoms with Crippen LogP contribution < -0.4 is 0 Å². The van der Waals surface area contributed by atoms with E-state index in [9.17, 15) is 4.79 Å². The molecule has 13 heavy (non-hydrogen) atoms. The van der Waals surface area contributed by atoms with Gasteiger partial charge in [-0.25, -0.2) is 0 Å². The fourth-order valence-electron chi connectivity index (χ4n) is 1.29. The zero-order valence-electron chi connectivity index (χ0n) is 7.47. The van der Waals surface area contributed by atoms with Crippen LogP contribution in [0.2, 0.25) is 0 Å². The standard InChI is InChI=1S/C10H10Cl2O/c1-6-3-7(2)5-8(4-6)9(11)10(12)13/h3-5,9H,1-2H3. The van der Waals surface area contributed by atoms with Crippen LogP contribution in [0.5, 0.6) is 0 Å². The number of halogens is 2. The number of carbonyl (C=O) groups is 1. The van der Waals surface area contributed by atoms with Crippen molar-refractivity contribution in [2.75, 3.05) is 0 Å². The van der Waals surface area contributed by atoms with Crippen LogP contribution in [0.4, 0.5) is 0 Å². The van der Waals surface area contributed by atoms with E-state index in [1.165, 1.54) is 0 Å². The molecule has 0 radical (unpaired) electrons. The number of hydrogen-bond donors (Lipinski definition) is 0. The summed E-state index contributed by atoms with van der Waals surface area (Å²) in [5.41, 5.74) is 2.93. The molecule has 0 bridgehead atoms. The Balaban J connectivity index is 3.07. The minimum atomic E-state index is -0.736. The molecular formula is C10H10Cl2O. The van der Waals surface area contributed by atoms with Crippen molar-refractivity contribution >= 4 is 28.4 Å². The molecular weight excluding hydrogens is 207 g/mol. The molecule has 0 spiro atoms. The van der Waals surface area contributed by atoms with E-state index in [1.807, 2.05) is 32.0 Å². The lowest BCUT2D eigenvalue weighted by atomic mass is 10.1. The van der Waals surface area contributed by atoms with E-state index in [2.05, 4.69) is 0 Å². The van der Waals surface area contributed by atoms with Crippen LogP contribution >= 0.6 is 23.2 Å². The average Bonchev–Trinajstić information content (AvgIpc) is 2.01. The Morgan fingerprint density at radius 1 is 1.23 bits per heavy atom. The summed E-state index contributed by atoms with van der Waals surface area (Å²) in [5, 5.41) is -1.27. The molecule has 1 aromatic rings. The molecule has 0 saturated carbocycles. The molecule has 1 atom stereocenters. The highest BCUT2D eigenvalue weighted by atomic mass is 35.5. The molecule has 0 aromatic heterocycles. The molecule has 0 heterocycles. The van der Waals surface area contributed by atoms with Gasteiger partial charge in [-0.3, -0.25) is 4.79 Å². The Morgan fingerprint density at radius 3 is 2.08 bits per heavy atom. The van der Waals surface area contributed by atoms with Gasteiger partial charge in [0.2, 0.25) is 5.24 Å². The van der Waals surface area contributed by atoms with Gasteiger partial charge in [-0.05, 0) is 31.0 Å². The van der Waals surface area contributed by atoms with Crippen LogP contribution in [0.1, 0.15) is 22.1 Å². The van der Waals surface area contributed by atoms with E-state index >= 15 is 0 Å². The molecule has 0 aliphatic heterocycles. The minimum absolute atomic E-state index is 0.535. The second kappa shape index (κ2) is 4.12. The number of hydrogen-bond acceptors (Lipinski definition) is 1. The van der Waals surface area contributed by atoms with Crippen molar-refractivity contribution in [2.24, 2.45) is 0 Å². The molecule has 0 N–H and O–H groups in total. The molecule has 0 amide bonds. The molecule has 1 aromatic carbocycles. The summed E-state index contributed by atoms with van der Waals surface area (Å²) in [4.78, 5) is 10.8. The van der Waals surface area contributed by atoms with Gasteiger partial charge in [0.1, 0.15) is 5.38 Å². The van der Waals surface area contributed by atoms with Gasteiger partial charge in [0.15, 0.2) is 0 Å². The Hall–Kier alpha value is -0.530. The lowest BCUT2D eigenvalue weighted by Gasteiger charge is -2.06. The van der Waals surface area contributed by atoms with Crippen molar-refractivity contribution in [3.05, 3.63) is 34.9 Å². The third-order valence-electron chi connectivity index (χ3n) is 1.74. The zero-order valence-corrected chi connectivity index (χ0v) is 8.99. The lowest BCUT2D eigenvalue weighted by molar-refractivity contribution is -0.111. The first-order valence-corrected chi connectivity index (χ1v) is 4.74. The zero-order chi connectivity index (χ0) is 10.0. The topological polar surface area (TPSA) is 17.1 Å². The number of aryl methyl sites for hydroxylation is 2. The van der Waals surface area contributed by atoms with Gasteiger partial charge in [0, 0.05) is 0 Å². The smallest absolute Gasteiger partial charge is 0.244 e. The fraction of sp³-hybridized carbons (Fsp3) is 0.300. The van der Waals surface area contributed by atoms with Crippen LogP contribution in [0.3, 0.4) is 0 Å². The molecule has 0 saturated heterocycles. The molecule has 70 valence electrons. The van der Waals surface area contributed by atoms with Crippen molar-refractivity contribution in [2.45, 2.75) is 19.2 Å². The molecule has 3 heteroatoms. The van der Waals surface area contributed by atoms with E-state index in [0.717, 1.165) is 16.7 Å². The minimum Gasteiger partial charge on any atom is -0.279 e. The molecule has 0 aliphatic rings. The van der Waals surface area contributed by atoms with Gasteiger partial charge < -0.3 is 0 Å². The number of benzene rings is 1. The van der Waals surface area contributed by atoms with Crippen molar-refractivity contribution in [1.29, 1.82) is 0 Å². The summed E-state index contributed by atoms with van der Waals surface area (Å²) >= 11 is 11.1. The highest BCUT2D eigenvalue weighted by Crippen LogP contribution is 2.24. The van der Waals surface area contributed by atoms with Crippen molar-refractivity contribution in [1.82, 2.24) is 0 Å². The van der Waals surface area contributed by atoms with Crippen LogP contribution in [0, 0.1) is 13.8 Å². The van der Waals surface area contributed by atoms with Crippen molar-refractivity contribution < 1.29 is 4.79 Å². The second-order valence-electron chi connectivity index (χ2n) is 3.09. The lowest BCUT2D eigenvalue weighted by Crippen LogP contribution is -1.99. The summed E-state index contributed by atoms with van der Waals surface area (Å²) in [6.45, 7) is 3.91. The van der Waals surface area contributed by atoms with Gasteiger partial charge in [0.05, 0.1) is 0 Å². The Morgan fingerprint density at radius 2 is 1.69 bits per heavy atom. The average molecular weight is 217 g/mol. The summed E-state index contributed by atoms with van der Waals surface area (Å²) < 4.78 is 0. The van der Waals surface area contributed by atoms with Crippen LogP contribution in [-0.2, 0) is 4.79 Å². The summed E-state index contributed by atoms with van der Waals surface area (Å²) in [6.07, 6.45) is 0. The van der Waals surface area contributed by atoms with E-state index in [0.29, 0.717) is 0 Å².